The highest BCUT2D eigenvalue weighted by Gasteiger charge is 2.17. The van der Waals surface area contributed by atoms with Crippen molar-refractivity contribution in [3.63, 3.8) is 0 Å². The van der Waals surface area contributed by atoms with Crippen LogP contribution in [0, 0.1) is 23.7 Å². The third-order valence-corrected chi connectivity index (χ3v) is 6.15. The van der Waals surface area contributed by atoms with E-state index >= 15 is 0 Å². The molecule has 1 heteroatoms. The minimum Gasteiger partial charge on any atom is -0.494 e. The molecule has 1 saturated carbocycles. The fourth-order valence-corrected chi connectivity index (χ4v) is 4.06. The Morgan fingerprint density at radius 2 is 1.45 bits per heavy atom. The van der Waals surface area contributed by atoms with Crippen LogP contribution in [0.2, 0.25) is 0 Å². The van der Waals surface area contributed by atoms with Gasteiger partial charge in [-0.15, -0.1) is 0 Å². The monoisotopic (exact) mass is 388 g/mol. The summed E-state index contributed by atoms with van der Waals surface area (Å²) in [6, 6.07) is 17.0. The number of rotatable bonds is 8. The maximum absolute atomic E-state index is 5.76. The second-order valence-electron chi connectivity index (χ2n) is 8.69. The summed E-state index contributed by atoms with van der Waals surface area (Å²) in [5.41, 5.74) is 3.56. The minimum atomic E-state index is 0.797. The summed E-state index contributed by atoms with van der Waals surface area (Å²) >= 11 is 0. The Morgan fingerprint density at radius 3 is 2.07 bits per heavy atom. The summed E-state index contributed by atoms with van der Waals surface area (Å²) < 4.78 is 5.76. The lowest BCUT2D eigenvalue weighted by atomic mass is 9.80. The lowest BCUT2D eigenvalue weighted by Crippen LogP contribution is -2.12. The van der Waals surface area contributed by atoms with Crippen molar-refractivity contribution in [1.82, 2.24) is 0 Å². The van der Waals surface area contributed by atoms with Gasteiger partial charge < -0.3 is 4.74 Å². The average Bonchev–Trinajstić information content (AvgIpc) is 2.76. The number of ether oxygens (including phenoxy) is 1. The predicted molar refractivity (Wildman–Crippen MR) is 123 cm³/mol. The fraction of sp³-hybridized carbons (Fsp3) is 0.500. The van der Waals surface area contributed by atoms with Crippen molar-refractivity contribution >= 4 is 0 Å². The van der Waals surface area contributed by atoms with Gasteiger partial charge in [0.25, 0.3) is 0 Å². The highest BCUT2D eigenvalue weighted by molar-refractivity contribution is 5.44. The molecule has 1 aliphatic carbocycles. The summed E-state index contributed by atoms with van der Waals surface area (Å²) in [4.78, 5) is 0. The molecular weight excluding hydrogens is 352 g/mol. The SMILES string of the molecule is CCCCCOc1ccc(C#Cc2ccc(CCC3CCC(C)CC3)cc2)cc1. The number of benzene rings is 2. The standard InChI is InChI=1S/C28H36O/c1-3-4-5-22-29-28-20-18-27(19-21-28)17-16-26-14-12-25(13-15-26)11-10-24-8-6-23(2)7-9-24/h12-15,18-21,23-24H,3-11,22H2,1-2H3. The van der Waals surface area contributed by atoms with Gasteiger partial charge in [-0.3, -0.25) is 0 Å². The van der Waals surface area contributed by atoms with Crippen LogP contribution in [0.25, 0.3) is 0 Å². The summed E-state index contributed by atoms with van der Waals surface area (Å²) in [6.45, 7) is 5.40. The van der Waals surface area contributed by atoms with Crippen LogP contribution >= 0.6 is 0 Å². The van der Waals surface area contributed by atoms with E-state index in [0.29, 0.717) is 0 Å². The summed E-state index contributed by atoms with van der Waals surface area (Å²) in [5, 5.41) is 0. The zero-order valence-corrected chi connectivity index (χ0v) is 18.3. The number of aryl methyl sites for hydroxylation is 1. The van der Waals surface area contributed by atoms with Crippen LogP contribution in [-0.2, 0) is 6.42 Å². The van der Waals surface area contributed by atoms with Gasteiger partial charge >= 0.3 is 0 Å². The van der Waals surface area contributed by atoms with Gasteiger partial charge in [0, 0.05) is 11.1 Å². The molecule has 0 aliphatic heterocycles. The third kappa shape index (κ3) is 7.62. The van der Waals surface area contributed by atoms with E-state index in [2.05, 4.69) is 50.0 Å². The largest absolute Gasteiger partial charge is 0.494 e. The second-order valence-corrected chi connectivity index (χ2v) is 8.69. The molecule has 0 spiro atoms. The van der Waals surface area contributed by atoms with E-state index in [-0.39, 0.29) is 0 Å². The lowest BCUT2D eigenvalue weighted by Gasteiger charge is -2.26. The Labute approximate surface area is 177 Å². The van der Waals surface area contributed by atoms with E-state index in [1.807, 2.05) is 24.3 Å². The Kier molecular flexibility index (Phi) is 8.69. The highest BCUT2D eigenvalue weighted by Crippen LogP contribution is 2.31. The van der Waals surface area contributed by atoms with Crippen LogP contribution in [0.3, 0.4) is 0 Å². The van der Waals surface area contributed by atoms with E-state index in [4.69, 9.17) is 4.74 Å². The van der Waals surface area contributed by atoms with Gasteiger partial charge in [0.05, 0.1) is 6.61 Å². The number of unbranched alkanes of at least 4 members (excludes halogenated alkanes) is 2. The van der Waals surface area contributed by atoms with Crippen LogP contribution < -0.4 is 4.74 Å². The average molecular weight is 389 g/mol. The fourth-order valence-electron chi connectivity index (χ4n) is 4.06. The van der Waals surface area contributed by atoms with Gasteiger partial charge in [-0.05, 0) is 73.1 Å². The van der Waals surface area contributed by atoms with Crippen molar-refractivity contribution in [3.8, 4) is 17.6 Å². The molecule has 0 aromatic heterocycles. The molecule has 0 atom stereocenters. The summed E-state index contributed by atoms with van der Waals surface area (Å²) in [5.74, 6) is 9.36. The maximum Gasteiger partial charge on any atom is 0.119 e. The Hall–Kier alpha value is -2.20. The van der Waals surface area contributed by atoms with Gasteiger partial charge in [-0.2, -0.15) is 0 Å². The van der Waals surface area contributed by atoms with Gasteiger partial charge in [0.1, 0.15) is 5.75 Å². The van der Waals surface area contributed by atoms with Crippen LogP contribution in [0.4, 0.5) is 0 Å². The van der Waals surface area contributed by atoms with Gasteiger partial charge in [-0.1, -0.05) is 76.3 Å². The number of hydrogen-bond acceptors (Lipinski definition) is 1. The van der Waals surface area contributed by atoms with E-state index in [9.17, 15) is 0 Å². The van der Waals surface area contributed by atoms with Gasteiger partial charge in [0.2, 0.25) is 0 Å². The van der Waals surface area contributed by atoms with Gasteiger partial charge in [-0.25, -0.2) is 0 Å². The molecule has 1 fully saturated rings. The predicted octanol–water partition coefficient (Wildman–Crippen LogP) is 7.41. The zero-order valence-electron chi connectivity index (χ0n) is 18.3. The molecule has 0 N–H and O–H groups in total. The van der Waals surface area contributed by atoms with Crippen LogP contribution in [0.15, 0.2) is 48.5 Å². The first-order valence-corrected chi connectivity index (χ1v) is 11.6. The molecule has 0 heterocycles. The molecule has 0 radical (unpaired) electrons. The van der Waals surface area contributed by atoms with Crippen molar-refractivity contribution < 1.29 is 4.74 Å². The summed E-state index contributed by atoms with van der Waals surface area (Å²) in [7, 11) is 0. The van der Waals surface area contributed by atoms with Crippen molar-refractivity contribution in [2.75, 3.05) is 6.61 Å². The van der Waals surface area contributed by atoms with E-state index in [1.165, 1.54) is 56.9 Å². The zero-order chi connectivity index (χ0) is 20.3. The molecule has 0 amide bonds. The molecule has 154 valence electrons. The van der Waals surface area contributed by atoms with Gasteiger partial charge in [0.15, 0.2) is 0 Å². The molecule has 3 rings (SSSR count). The first kappa shape index (κ1) is 21.5. The minimum absolute atomic E-state index is 0.797. The summed E-state index contributed by atoms with van der Waals surface area (Å²) in [6.07, 6.45) is 11.8. The molecule has 0 saturated heterocycles. The first-order chi connectivity index (χ1) is 14.2. The molecule has 0 bridgehead atoms. The molecule has 2 aromatic rings. The Bertz CT molecular complexity index is 768. The Balaban J connectivity index is 1.45. The first-order valence-electron chi connectivity index (χ1n) is 11.6. The van der Waals surface area contributed by atoms with E-state index in [0.717, 1.165) is 41.7 Å². The van der Waals surface area contributed by atoms with Crippen LogP contribution in [-0.4, -0.2) is 6.61 Å². The Morgan fingerprint density at radius 1 is 0.828 bits per heavy atom. The highest BCUT2D eigenvalue weighted by atomic mass is 16.5. The molecule has 1 nitrogen and oxygen atoms in total. The van der Waals surface area contributed by atoms with Crippen LogP contribution in [0.1, 0.15) is 81.9 Å². The van der Waals surface area contributed by atoms with E-state index in [1.54, 1.807) is 0 Å². The molecule has 29 heavy (non-hydrogen) atoms. The molecule has 0 unspecified atom stereocenters. The number of hydrogen-bond donors (Lipinski definition) is 0. The lowest BCUT2D eigenvalue weighted by molar-refractivity contribution is 0.278. The van der Waals surface area contributed by atoms with Crippen molar-refractivity contribution in [3.05, 3.63) is 65.2 Å². The normalized spacial score (nSPS) is 18.7. The van der Waals surface area contributed by atoms with E-state index < -0.39 is 0 Å². The smallest absolute Gasteiger partial charge is 0.119 e. The van der Waals surface area contributed by atoms with Crippen molar-refractivity contribution in [2.45, 2.75) is 71.6 Å². The van der Waals surface area contributed by atoms with Crippen molar-refractivity contribution in [2.24, 2.45) is 11.8 Å². The maximum atomic E-state index is 5.76. The topological polar surface area (TPSA) is 9.23 Å². The molecule has 1 aliphatic rings. The second kappa shape index (κ2) is 11.7. The third-order valence-electron chi connectivity index (χ3n) is 6.15. The molecule has 2 aromatic carbocycles. The van der Waals surface area contributed by atoms with Crippen molar-refractivity contribution in [1.29, 1.82) is 0 Å². The van der Waals surface area contributed by atoms with Crippen LogP contribution in [0.5, 0.6) is 5.75 Å². The quantitative estimate of drug-likeness (QED) is 0.338. The molecular formula is C28H36O.